The van der Waals surface area contributed by atoms with Crippen LogP contribution in [-0.4, -0.2) is 30.2 Å². The van der Waals surface area contributed by atoms with Crippen LogP contribution < -0.4 is 0 Å². The summed E-state index contributed by atoms with van der Waals surface area (Å²) in [5, 5.41) is 10.6. The van der Waals surface area contributed by atoms with Crippen molar-refractivity contribution in [2.75, 3.05) is 13.2 Å². The van der Waals surface area contributed by atoms with Crippen molar-refractivity contribution in [3.05, 3.63) is 25.3 Å². The minimum Gasteiger partial charge on any atom is -0.392 e. The third kappa shape index (κ3) is 2.04. The van der Waals surface area contributed by atoms with Gasteiger partial charge in [-0.2, -0.15) is 0 Å². The van der Waals surface area contributed by atoms with Gasteiger partial charge in [-0.25, -0.2) is 0 Å². The van der Waals surface area contributed by atoms with Gasteiger partial charge in [0.1, 0.15) is 0 Å². The molecule has 102 valence electrons. The van der Waals surface area contributed by atoms with E-state index in [1.807, 2.05) is 12.2 Å². The predicted molar refractivity (Wildman–Crippen MR) is 71.2 cm³/mol. The molecule has 3 heteroatoms. The Bertz CT molecular complexity index is 301. The van der Waals surface area contributed by atoms with Crippen LogP contribution >= 0.6 is 0 Å². The van der Waals surface area contributed by atoms with Crippen LogP contribution in [0.15, 0.2) is 25.3 Å². The summed E-state index contributed by atoms with van der Waals surface area (Å²) in [7, 11) is 0. The van der Waals surface area contributed by atoms with Crippen LogP contribution in [0.4, 0.5) is 0 Å². The second kappa shape index (κ2) is 5.55. The first-order valence-electron chi connectivity index (χ1n) is 6.88. The normalized spacial score (nSPS) is 31.6. The van der Waals surface area contributed by atoms with Gasteiger partial charge < -0.3 is 14.6 Å². The molecular formula is C15H24O3. The molecule has 1 spiro atoms. The maximum Gasteiger partial charge on any atom is 0.176 e. The molecule has 0 aromatic carbocycles. The van der Waals surface area contributed by atoms with Crippen LogP contribution in [0.25, 0.3) is 0 Å². The average Bonchev–Trinajstić information content (AvgIpc) is 2.97. The van der Waals surface area contributed by atoms with E-state index in [9.17, 15) is 5.11 Å². The quantitative estimate of drug-likeness (QED) is 0.739. The van der Waals surface area contributed by atoms with Crippen molar-refractivity contribution in [2.24, 2.45) is 5.41 Å². The summed E-state index contributed by atoms with van der Waals surface area (Å²) in [6, 6.07) is 0. The SMILES string of the molecule is C=CCC[C@H](O)[C@@]1(CC=C)CCCC12OCCO2. The van der Waals surface area contributed by atoms with Gasteiger partial charge in [0, 0.05) is 6.42 Å². The fourth-order valence-electron chi connectivity index (χ4n) is 3.59. The van der Waals surface area contributed by atoms with Crippen molar-refractivity contribution in [2.45, 2.75) is 50.4 Å². The fourth-order valence-corrected chi connectivity index (χ4v) is 3.59. The Balaban J connectivity index is 2.23. The van der Waals surface area contributed by atoms with Gasteiger partial charge in [-0.15, -0.1) is 13.2 Å². The van der Waals surface area contributed by atoms with E-state index in [2.05, 4.69) is 13.2 Å². The van der Waals surface area contributed by atoms with Gasteiger partial charge in [0.05, 0.1) is 24.7 Å². The van der Waals surface area contributed by atoms with Gasteiger partial charge in [-0.05, 0) is 32.1 Å². The molecule has 2 atom stereocenters. The Morgan fingerprint density at radius 3 is 2.50 bits per heavy atom. The lowest BCUT2D eigenvalue weighted by atomic mass is 9.72. The number of aliphatic hydroxyl groups is 1. The van der Waals surface area contributed by atoms with Gasteiger partial charge in [0.2, 0.25) is 0 Å². The summed E-state index contributed by atoms with van der Waals surface area (Å²) in [4.78, 5) is 0. The first-order chi connectivity index (χ1) is 8.71. The Morgan fingerprint density at radius 1 is 1.17 bits per heavy atom. The number of ether oxygens (including phenoxy) is 2. The molecule has 1 N–H and O–H groups in total. The molecule has 1 saturated carbocycles. The maximum absolute atomic E-state index is 10.6. The number of hydrogen-bond donors (Lipinski definition) is 1. The minimum atomic E-state index is -0.582. The highest BCUT2D eigenvalue weighted by molar-refractivity contribution is 5.07. The molecule has 0 amide bonds. The molecule has 2 aliphatic rings. The molecule has 18 heavy (non-hydrogen) atoms. The molecule has 0 bridgehead atoms. The molecule has 0 aromatic rings. The van der Waals surface area contributed by atoms with Crippen LogP contribution in [0.2, 0.25) is 0 Å². The summed E-state index contributed by atoms with van der Waals surface area (Å²) in [5.41, 5.74) is -0.325. The van der Waals surface area contributed by atoms with E-state index < -0.39 is 11.9 Å². The number of allylic oxidation sites excluding steroid dienone is 2. The van der Waals surface area contributed by atoms with E-state index in [1.165, 1.54) is 0 Å². The Kier molecular flexibility index (Phi) is 4.25. The molecule has 1 saturated heterocycles. The van der Waals surface area contributed by atoms with Gasteiger partial charge in [0.15, 0.2) is 5.79 Å². The molecule has 0 radical (unpaired) electrons. The molecule has 1 heterocycles. The number of hydrogen-bond acceptors (Lipinski definition) is 3. The highest BCUT2D eigenvalue weighted by Gasteiger charge is 2.61. The summed E-state index contributed by atoms with van der Waals surface area (Å²) in [6.45, 7) is 8.83. The van der Waals surface area contributed by atoms with Crippen molar-refractivity contribution in [3.63, 3.8) is 0 Å². The maximum atomic E-state index is 10.6. The van der Waals surface area contributed by atoms with Crippen molar-refractivity contribution in [1.29, 1.82) is 0 Å². The molecule has 0 unspecified atom stereocenters. The van der Waals surface area contributed by atoms with E-state index in [4.69, 9.17) is 9.47 Å². The molecule has 2 fully saturated rings. The van der Waals surface area contributed by atoms with Crippen LogP contribution in [0, 0.1) is 5.41 Å². The lowest BCUT2D eigenvalue weighted by Gasteiger charge is -2.44. The van der Waals surface area contributed by atoms with Gasteiger partial charge in [0.25, 0.3) is 0 Å². The third-order valence-electron chi connectivity index (χ3n) is 4.43. The smallest absolute Gasteiger partial charge is 0.176 e. The summed E-state index contributed by atoms with van der Waals surface area (Å²) in [6.07, 6.45) is 8.45. The lowest BCUT2D eigenvalue weighted by Crippen LogP contribution is -2.52. The zero-order valence-corrected chi connectivity index (χ0v) is 11.1. The van der Waals surface area contributed by atoms with Crippen LogP contribution in [0.1, 0.15) is 38.5 Å². The molecule has 1 aliphatic heterocycles. The van der Waals surface area contributed by atoms with Crippen molar-refractivity contribution >= 4 is 0 Å². The van der Waals surface area contributed by atoms with Crippen LogP contribution in [0.5, 0.6) is 0 Å². The topological polar surface area (TPSA) is 38.7 Å². The van der Waals surface area contributed by atoms with E-state index in [1.54, 1.807) is 0 Å². The van der Waals surface area contributed by atoms with E-state index >= 15 is 0 Å². The summed E-state index contributed by atoms with van der Waals surface area (Å²) < 4.78 is 11.8. The highest BCUT2D eigenvalue weighted by Crippen LogP contribution is 2.56. The molecule has 0 aromatic heterocycles. The van der Waals surface area contributed by atoms with Crippen LogP contribution in [-0.2, 0) is 9.47 Å². The first kappa shape index (κ1) is 13.8. The minimum absolute atomic E-state index is 0.325. The van der Waals surface area contributed by atoms with Gasteiger partial charge in [-0.1, -0.05) is 12.2 Å². The molecule has 2 rings (SSSR count). The second-order valence-corrected chi connectivity index (χ2v) is 5.33. The van der Waals surface area contributed by atoms with E-state index in [-0.39, 0.29) is 5.41 Å². The Labute approximate surface area is 109 Å². The van der Waals surface area contributed by atoms with Crippen molar-refractivity contribution in [1.82, 2.24) is 0 Å². The molecular weight excluding hydrogens is 228 g/mol. The first-order valence-corrected chi connectivity index (χ1v) is 6.88. The zero-order chi connectivity index (χ0) is 13.1. The lowest BCUT2D eigenvalue weighted by molar-refractivity contribution is -0.248. The average molecular weight is 252 g/mol. The van der Waals surface area contributed by atoms with Crippen molar-refractivity contribution < 1.29 is 14.6 Å². The summed E-state index contributed by atoms with van der Waals surface area (Å²) in [5.74, 6) is -0.582. The fraction of sp³-hybridized carbons (Fsp3) is 0.733. The standard InChI is InChI=1S/C15H24O3/c1-3-5-7-13(16)14(8-4-2)9-6-10-15(14)17-11-12-18-15/h3-4,13,16H,1-2,5-12H2/t13-,14+/m0/s1. The third-order valence-corrected chi connectivity index (χ3v) is 4.43. The largest absolute Gasteiger partial charge is 0.392 e. The number of aliphatic hydroxyl groups excluding tert-OH is 1. The monoisotopic (exact) mass is 252 g/mol. The Morgan fingerprint density at radius 2 is 1.89 bits per heavy atom. The predicted octanol–water partition coefficient (Wildman–Crippen LogP) is 2.80. The molecule has 1 aliphatic carbocycles. The van der Waals surface area contributed by atoms with Gasteiger partial charge in [-0.3, -0.25) is 0 Å². The molecule has 3 nitrogen and oxygen atoms in total. The van der Waals surface area contributed by atoms with Crippen LogP contribution in [0.3, 0.4) is 0 Å². The van der Waals surface area contributed by atoms with E-state index in [0.29, 0.717) is 19.6 Å². The highest BCUT2D eigenvalue weighted by atomic mass is 16.7. The second-order valence-electron chi connectivity index (χ2n) is 5.33. The summed E-state index contributed by atoms with van der Waals surface area (Å²) >= 11 is 0. The Hall–Kier alpha value is -0.640. The number of rotatable bonds is 6. The van der Waals surface area contributed by atoms with Crippen molar-refractivity contribution in [3.8, 4) is 0 Å². The van der Waals surface area contributed by atoms with E-state index in [0.717, 1.165) is 32.1 Å². The van der Waals surface area contributed by atoms with Gasteiger partial charge >= 0.3 is 0 Å². The zero-order valence-electron chi connectivity index (χ0n) is 11.1.